The maximum Gasteiger partial charge on any atom is 0.317 e. The zero-order valence-corrected chi connectivity index (χ0v) is 14.4. The van der Waals surface area contributed by atoms with E-state index >= 15 is 0 Å². The van der Waals surface area contributed by atoms with Crippen molar-refractivity contribution in [3.8, 4) is 5.69 Å². The second-order valence-corrected chi connectivity index (χ2v) is 6.21. The summed E-state index contributed by atoms with van der Waals surface area (Å²) in [5, 5.41) is 6.32. The number of aromatic nitrogens is 2. The predicted molar refractivity (Wildman–Crippen MR) is 101 cm³/mol. The van der Waals surface area contributed by atoms with E-state index in [0.717, 1.165) is 29.3 Å². The fraction of sp³-hybridized carbons (Fsp3) is 0.200. The number of carbonyl (C=O) groups is 1. The lowest BCUT2D eigenvalue weighted by atomic mass is 10.1. The molecule has 2 heterocycles. The summed E-state index contributed by atoms with van der Waals surface area (Å²) in [4.78, 5) is 18.1. The Morgan fingerprint density at radius 2 is 1.88 bits per heavy atom. The molecule has 2 amide bonds. The number of hydrogen-bond acceptors (Lipinski definition) is 3. The Balaban J connectivity index is 1.49. The second-order valence-electron chi connectivity index (χ2n) is 6.21. The van der Waals surface area contributed by atoms with Gasteiger partial charge < -0.3 is 20.1 Å². The van der Waals surface area contributed by atoms with Gasteiger partial charge in [-0.15, -0.1) is 0 Å². The molecule has 2 aromatic carbocycles. The van der Waals surface area contributed by atoms with E-state index in [1.165, 1.54) is 0 Å². The fourth-order valence-corrected chi connectivity index (χ4v) is 3.16. The van der Waals surface area contributed by atoms with Crippen molar-refractivity contribution in [3.63, 3.8) is 0 Å². The van der Waals surface area contributed by atoms with Gasteiger partial charge in [-0.05, 0) is 23.8 Å². The Bertz CT molecular complexity index is 890. The van der Waals surface area contributed by atoms with Gasteiger partial charge in [0.1, 0.15) is 5.82 Å². The van der Waals surface area contributed by atoms with Crippen molar-refractivity contribution in [1.82, 2.24) is 19.8 Å². The van der Waals surface area contributed by atoms with Crippen LogP contribution in [0, 0.1) is 0 Å². The molecule has 4 rings (SSSR count). The minimum Gasteiger partial charge on any atom is -0.378 e. The molecular formula is C20H21N5O. The SMILES string of the molecule is O=C1NCCN1Cc1ccccc1NCc1nccn1-c1ccccc1. The molecule has 0 bridgehead atoms. The molecular weight excluding hydrogens is 326 g/mol. The quantitative estimate of drug-likeness (QED) is 0.720. The zero-order chi connectivity index (χ0) is 17.8. The average molecular weight is 347 g/mol. The van der Waals surface area contributed by atoms with Crippen molar-refractivity contribution >= 4 is 11.7 Å². The van der Waals surface area contributed by atoms with Gasteiger partial charge in [-0.3, -0.25) is 0 Å². The van der Waals surface area contributed by atoms with Gasteiger partial charge in [0.2, 0.25) is 0 Å². The van der Waals surface area contributed by atoms with Gasteiger partial charge in [-0.1, -0.05) is 36.4 Å². The molecule has 0 spiro atoms. The minimum absolute atomic E-state index is 0.000534. The van der Waals surface area contributed by atoms with Crippen molar-refractivity contribution in [1.29, 1.82) is 0 Å². The van der Waals surface area contributed by atoms with Gasteiger partial charge >= 0.3 is 6.03 Å². The Labute approximate surface area is 152 Å². The van der Waals surface area contributed by atoms with Crippen LogP contribution in [0.1, 0.15) is 11.4 Å². The van der Waals surface area contributed by atoms with E-state index in [0.29, 0.717) is 19.6 Å². The number of benzene rings is 2. The molecule has 2 N–H and O–H groups in total. The molecule has 0 atom stereocenters. The molecule has 1 saturated heterocycles. The first-order chi connectivity index (χ1) is 12.8. The van der Waals surface area contributed by atoms with Crippen LogP contribution in [0.25, 0.3) is 5.69 Å². The number of nitrogens with one attached hydrogen (secondary N) is 2. The van der Waals surface area contributed by atoms with Gasteiger partial charge in [0, 0.05) is 43.4 Å². The summed E-state index contributed by atoms with van der Waals surface area (Å²) >= 11 is 0. The summed E-state index contributed by atoms with van der Waals surface area (Å²) in [5.74, 6) is 0.935. The summed E-state index contributed by atoms with van der Waals surface area (Å²) in [6, 6.07) is 18.3. The lowest BCUT2D eigenvalue weighted by Crippen LogP contribution is -2.27. The van der Waals surface area contributed by atoms with Gasteiger partial charge in [0.15, 0.2) is 0 Å². The molecule has 1 aliphatic heterocycles. The topological polar surface area (TPSA) is 62.2 Å². The maximum absolute atomic E-state index is 11.8. The molecule has 26 heavy (non-hydrogen) atoms. The molecule has 0 saturated carbocycles. The zero-order valence-electron chi connectivity index (χ0n) is 14.4. The van der Waals surface area contributed by atoms with Crippen molar-refractivity contribution in [2.75, 3.05) is 18.4 Å². The van der Waals surface area contributed by atoms with E-state index in [4.69, 9.17) is 0 Å². The highest BCUT2D eigenvalue weighted by Crippen LogP contribution is 2.19. The minimum atomic E-state index is -0.000534. The molecule has 6 heteroatoms. The normalized spacial score (nSPS) is 13.7. The average Bonchev–Trinajstić information content (AvgIpc) is 3.31. The highest BCUT2D eigenvalue weighted by Gasteiger charge is 2.20. The summed E-state index contributed by atoms with van der Waals surface area (Å²) in [6.45, 7) is 2.65. The van der Waals surface area contributed by atoms with Crippen molar-refractivity contribution in [2.24, 2.45) is 0 Å². The number of hydrogen-bond donors (Lipinski definition) is 2. The molecule has 0 radical (unpaired) electrons. The Morgan fingerprint density at radius 1 is 1.08 bits per heavy atom. The van der Waals surface area contributed by atoms with Crippen molar-refractivity contribution in [2.45, 2.75) is 13.1 Å². The third-order valence-corrected chi connectivity index (χ3v) is 4.51. The first kappa shape index (κ1) is 16.2. The smallest absolute Gasteiger partial charge is 0.317 e. The molecule has 1 aromatic heterocycles. The second kappa shape index (κ2) is 7.31. The van der Waals surface area contributed by atoms with Crippen LogP contribution in [-0.4, -0.2) is 33.6 Å². The number of para-hydroxylation sites is 2. The maximum atomic E-state index is 11.8. The molecule has 3 aromatic rings. The van der Waals surface area contributed by atoms with Gasteiger partial charge in [0.25, 0.3) is 0 Å². The first-order valence-electron chi connectivity index (χ1n) is 8.73. The van der Waals surface area contributed by atoms with E-state index in [1.807, 2.05) is 53.7 Å². The number of rotatable bonds is 6. The summed E-state index contributed by atoms with van der Waals surface area (Å²) < 4.78 is 2.07. The molecule has 1 aliphatic rings. The largest absolute Gasteiger partial charge is 0.378 e. The van der Waals surface area contributed by atoms with Crippen LogP contribution in [0.4, 0.5) is 10.5 Å². The van der Waals surface area contributed by atoms with Crippen LogP contribution in [0.5, 0.6) is 0 Å². The Kier molecular flexibility index (Phi) is 4.55. The Morgan fingerprint density at radius 3 is 2.69 bits per heavy atom. The Hall–Kier alpha value is -3.28. The van der Waals surface area contributed by atoms with Gasteiger partial charge in [-0.2, -0.15) is 0 Å². The van der Waals surface area contributed by atoms with Crippen LogP contribution >= 0.6 is 0 Å². The van der Waals surface area contributed by atoms with E-state index in [9.17, 15) is 4.79 Å². The van der Waals surface area contributed by atoms with Crippen molar-refractivity contribution < 1.29 is 4.79 Å². The monoisotopic (exact) mass is 347 g/mol. The van der Waals surface area contributed by atoms with Gasteiger partial charge in [0.05, 0.1) is 6.54 Å². The van der Waals surface area contributed by atoms with E-state index in [1.54, 1.807) is 0 Å². The van der Waals surface area contributed by atoms with Gasteiger partial charge in [-0.25, -0.2) is 9.78 Å². The third-order valence-electron chi connectivity index (χ3n) is 4.51. The summed E-state index contributed by atoms with van der Waals surface area (Å²) in [5.41, 5.74) is 3.21. The highest BCUT2D eigenvalue weighted by molar-refractivity contribution is 5.76. The van der Waals surface area contributed by atoms with Crippen LogP contribution in [0.3, 0.4) is 0 Å². The standard InChI is InChI=1S/C20H21N5O/c26-20-22-10-12-24(20)15-16-6-4-5-9-18(16)23-14-19-21-11-13-25(19)17-7-2-1-3-8-17/h1-9,11,13,23H,10,12,14-15H2,(H,22,26). The lowest BCUT2D eigenvalue weighted by Gasteiger charge is -2.18. The molecule has 6 nitrogen and oxygen atoms in total. The predicted octanol–water partition coefficient (Wildman–Crippen LogP) is 3.01. The van der Waals surface area contributed by atoms with Crippen molar-refractivity contribution in [3.05, 3.63) is 78.4 Å². The molecule has 132 valence electrons. The fourth-order valence-electron chi connectivity index (χ4n) is 3.16. The highest BCUT2D eigenvalue weighted by atomic mass is 16.2. The summed E-state index contributed by atoms with van der Waals surface area (Å²) in [6.07, 6.45) is 3.78. The third kappa shape index (κ3) is 3.39. The number of anilines is 1. The molecule has 1 fully saturated rings. The number of nitrogens with zero attached hydrogens (tertiary/aromatic N) is 3. The van der Waals surface area contributed by atoms with E-state index in [2.05, 4.69) is 38.4 Å². The van der Waals surface area contributed by atoms with Crippen LogP contribution in [0.15, 0.2) is 67.0 Å². The number of amides is 2. The summed E-state index contributed by atoms with van der Waals surface area (Å²) in [7, 11) is 0. The lowest BCUT2D eigenvalue weighted by molar-refractivity contribution is 0.215. The van der Waals surface area contributed by atoms with E-state index < -0.39 is 0 Å². The first-order valence-corrected chi connectivity index (χ1v) is 8.73. The van der Waals surface area contributed by atoms with Crippen LogP contribution < -0.4 is 10.6 Å². The van der Waals surface area contributed by atoms with Crippen LogP contribution in [0.2, 0.25) is 0 Å². The molecule has 0 unspecified atom stereocenters. The number of urea groups is 1. The number of carbonyl (C=O) groups excluding carboxylic acids is 1. The number of imidazole rings is 1. The van der Waals surface area contributed by atoms with E-state index in [-0.39, 0.29) is 6.03 Å². The van der Waals surface area contributed by atoms with Crippen LogP contribution in [-0.2, 0) is 13.1 Å². The molecule has 0 aliphatic carbocycles.